The molecule has 0 spiro atoms. The fourth-order valence-electron chi connectivity index (χ4n) is 3.48. The highest BCUT2D eigenvalue weighted by Crippen LogP contribution is 2.25. The number of carbonyl (C=O) groups excluding carboxylic acids is 1. The molecule has 0 saturated carbocycles. The Labute approximate surface area is 220 Å². The van der Waals surface area contributed by atoms with Crippen LogP contribution in [-0.2, 0) is 21.2 Å². The Morgan fingerprint density at radius 2 is 1.71 bits per heavy atom. The van der Waals surface area contributed by atoms with Crippen molar-refractivity contribution in [2.24, 2.45) is 11.1 Å². The van der Waals surface area contributed by atoms with Crippen molar-refractivity contribution in [2.45, 2.75) is 31.2 Å². The average molecular weight is 538 g/mol. The molecule has 4 rings (SSSR count). The number of hydrogen-bond acceptors (Lipinski definition) is 7. The highest BCUT2D eigenvalue weighted by atomic mass is 32.2. The van der Waals surface area contributed by atoms with Crippen molar-refractivity contribution < 1.29 is 22.1 Å². The Balaban J connectivity index is 1.44. The second-order valence-electron chi connectivity index (χ2n) is 9.43. The maximum Gasteiger partial charge on any atom is 0.261 e. The van der Waals surface area contributed by atoms with Crippen LogP contribution in [0.15, 0.2) is 88.3 Å². The van der Waals surface area contributed by atoms with Gasteiger partial charge in [-0.1, -0.05) is 41.6 Å². The van der Waals surface area contributed by atoms with Crippen LogP contribution in [0.1, 0.15) is 31.3 Å². The van der Waals surface area contributed by atoms with Gasteiger partial charge in [-0.25, -0.2) is 12.8 Å². The van der Waals surface area contributed by atoms with Crippen molar-refractivity contribution in [3.63, 3.8) is 0 Å². The number of rotatable bonds is 10. The quantitative estimate of drug-likeness (QED) is 0.266. The molecule has 0 bridgehead atoms. The minimum Gasteiger partial charge on any atom is -0.337 e. The number of hydrogen-bond donors (Lipinski definition) is 3. The molecule has 0 aliphatic rings. The first-order valence-electron chi connectivity index (χ1n) is 11.8. The monoisotopic (exact) mass is 537 g/mol. The smallest absolute Gasteiger partial charge is 0.261 e. The van der Waals surface area contributed by atoms with Crippen LogP contribution >= 0.6 is 0 Å². The number of halogens is 1. The molecular formula is C27H28FN5O4S. The number of amides is 1. The van der Waals surface area contributed by atoms with E-state index in [-0.39, 0.29) is 16.5 Å². The van der Waals surface area contributed by atoms with Crippen LogP contribution in [0.5, 0.6) is 0 Å². The minimum absolute atomic E-state index is 0.0127. The van der Waals surface area contributed by atoms with Gasteiger partial charge in [-0.2, -0.15) is 4.98 Å². The summed E-state index contributed by atoms with van der Waals surface area (Å²) in [7, 11) is -3.94. The van der Waals surface area contributed by atoms with Gasteiger partial charge in [-0.3, -0.25) is 9.52 Å². The van der Waals surface area contributed by atoms with Crippen LogP contribution in [0.3, 0.4) is 0 Å². The summed E-state index contributed by atoms with van der Waals surface area (Å²) in [5.74, 6) is 0.0606. The minimum atomic E-state index is -3.94. The molecule has 0 saturated heterocycles. The molecule has 0 fully saturated rings. The van der Waals surface area contributed by atoms with Crippen LogP contribution in [0.4, 0.5) is 15.8 Å². The van der Waals surface area contributed by atoms with E-state index in [2.05, 4.69) is 20.2 Å². The fourth-order valence-corrected chi connectivity index (χ4v) is 4.53. The zero-order valence-electron chi connectivity index (χ0n) is 20.9. The Bertz CT molecular complexity index is 1510. The molecule has 0 aliphatic heterocycles. The molecule has 38 heavy (non-hydrogen) atoms. The highest BCUT2D eigenvalue weighted by Gasteiger charge is 2.27. The molecule has 4 aromatic rings. The third-order valence-electron chi connectivity index (χ3n) is 5.80. The lowest BCUT2D eigenvalue weighted by atomic mass is 9.94. The van der Waals surface area contributed by atoms with Gasteiger partial charge in [0.15, 0.2) is 0 Å². The van der Waals surface area contributed by atoms with Gasteiger partial charge < -0.3 is 15.6 Å². The molecule has 0 aliphatic carbocycles. The summed E-state index contributed by atoms with van der Waals surface area (Å²) in [6, 6.07) is 21.4. The van der Waals surface area contributed by atoms with Gasteiger partial charge in [-0.05, 0) is 68.3 Å². The lowest BCUT2D eigenvalue weighted by Gasteiger charge is -2.19. The van der Waals surface area contributed by atoms with E-state index in [1.807, 2.05) is 30.3 Å². The van der Waals surface area contributed by atoms with Crippen LogP contribution in [0.25, 0.3) is 11.4 Å². The highest BCUT2D eigenvalue weighted by molar-refractivity contribution is 7.92. The zero-order valence-corrected chi connectivity index (χ0v) is 21.7. The van der Waals surface area contributed by atoms with Crippen molar-refractivity contribution >= 4 is 27.3 Å². The van der Waals surface area contributed by atoms with Crippen molar-refractivity contribution in [1.82, 2.24) is 10.1 Å². The van der Waals surface area contributed by atoms with Crippen molar-refractivity contribution in [2.75, 3.05) is 16.7 Å². The summed E-state index contributed by atoms with van der Waals surface area (Å²) in [5.41, 5.74) is 7.19. The normalized spacial score (nSPS) is 12.6. The van der Waals surface area contributed by atoms with E-state index in [9.17, 15) is 17.6 Å². The molecule has 1 amide bonds. The molecule has 198 valence electrons. The molecule has 1 heterocycles. The molecule has 9 nitrogen and oxygen atoms in total. The van der Waals surface area contributed by atoms with Gasteiger partial charge >= 0.3 is 0 Å². The second-order valence-corrected chi connectivity index (χ2v) is 11.1. The van der Waals surface area contributed by atoms with Crippen LogP contribution in [0.2, 0.25) is 0 Å². The van der Waals surface area contributed by atoms with E-state index < -0.39 is 34.1 Å². The summed E-state index contributed by atoms with van der Waals surface area (Å²) in [4.78, 5) is 16.6. The number of nitrogens with one attached hydrogen (secondary N) is 2. The summed E-state index contributed by atoms with van der Waals surface area (Å²) in [6.07, 6.45) is 0.532. The van der Waals surface area contributed by atoms with Gasteiger partial charge in [0, 0.05) is 11.3 Å². The fraction of sp³-hybridized carbons (Fsp3) is 0.222. The van der Waals surface area contributed by atoms with Crippen LogP contribution in [0, 0.1) is 5.41 Å². The maximum atomic E-state index is 13.1. The Morgan fingerprint density at radius 3 is 2.39 bits per heavy atom. The first-order chi connectivity index (χ1) is 18.1. The lowest BCUT2D eigenvalue weighted by molar-refractivity contribution is -0.124. The van der Waals surface area contributed by atoms with E-state index in [0.29, 0.717) is 23.5 Å². The topological polar surface area (TPSA) is 140 Å². The van der Waals surface area contributed by atoms with Crippen molar-refractivity contribution in [1.29, 1.82) is 0 Å². The predicted molar refractivity (Wildman–Crippen MR) is 142 cm³/mol. The molecule has 11 heteroatoms. The standard InChI is InChI=1S/C27H28FN5O4S/c1-27(2,17-28)26(34)30-20-9-6-10-21(16-20)33-38(35,36)22-13-11-19(12-14-22)24-31-25(37-32-24)23(29)15-18-7-4-3-5-8-18/h3-14,16,23,33H,15,17,29H2,1-2H3,(H,30,34)/t23-/m0/s1. The van der Waals surface area contributed by atoms with Crippen molar-refractivity contribution in [3.05, 3.63) is 90.3 Å². The SMILES string of the molecule is CC(C)(CF)C(=O)Nc1cccc(NS(=O)(=O)c2ccc(-c3noc([C@@H](N)Cc4ccccc4)n3)cc2)c1. The predicted octanol–water partition coefficient (Wildman–Crippen LogP) is 4.71. The first-order valence-corrected chi connectivity index (χ1v) is 13.3. The molecule has 1 aromatic heterocycles. The zero-order chi connectivity index (χ0) is 27.3. The number of aromatic nitrogens is 2. The largest absolute Gasteiger partial charge is 0.337 e. The molecule has 3 aromatic carbocycles. The maximum absolute atomic E-state index is 13.1. The van der Waals surface area contributed by atoms with E-state index in [0.717, 1.165) is 5.56 Å². The van der Waals surface area contributed by atoms with Gasteiger partial charge in [0.2, 0.25) is 17.6 Å². The number of carbonyl (C=O) groups is 1. The average Bonchev–Trinajstić information content (AvgIpc) is 3.40. The molecule has 0 unspecified atom stereocenters. The van der Waals surface area contributed by atoms with Gasteiger partial charge in [-0.15, -0.1) is 0 Å². The van der Waals surface area contributed by atoms with E-state index in [1.165, 1.54) is 32.0 Å². The summed E-state index contributed by atoms with van der Waals surface area (Å²) >= 11 is 0. The molecule has 0 radical (unpaired) electrons. The number of sulfonamides is 1. The number of alkyl halides is 1. The van der Waals surface area contributed by atoms with E-state index >= 15 is 0 Å². The lowest BCUT2D eigenvalue weighted by Crippen LogP contribution is -2.32. The third-order valence-corrected chi connectivity index (χ3v) is 7.20. The number of anilines is 2. The van der Waals surface area contributed by atoms with Gasteiger partial charge in [0.25, 0.3) is 10.0 Å². The molecular weight excluding hydrogens is 509 g/mol. The Hall–Kier alpha value is -4.09. The second kappa shape index (κ2) is 11.1. The van der Waals surface area contributed by atoms with Gasteiger partial charge in [0.05, 0.1) is 22.0 Å². The number of nitrogens with two attached hydrogens (primary N) is 1. The third kappa shape index (κ3) is 6.42. The van der Waals surface area contributed by atoms with Crippen molar-refractivity contribution in [3.8, 4) is 11.4 Å². The number of benzene rings is 3. The summed E-state index contributed by atoms with van der Waals surface area (Å²) in [6.45, 7) is 2.13. The molecule has 1 atom stereocenters. The Kier molecular flexibility index (Phi) is 7.88. The van der Waals surface area contributed by atoms with E-state index in [1.54, 1.807) is 30.3 Å². The number of nitrogens with zero attached hydrogens (tertiary/aromatic N) is 2. The summed E-state index contributed by atoms with van der Waals surface area (Å²) in [5, 5.41) is 6.58. The van der Waals surface area contributed by atoms with E-state index in [4.69, 9.17) is 10.3 Å². The Morgan fingerprint density at radius 1 is 1.03 bits per heavy atom. The van der Waals surface area contributed by atoms with Crippen LogP contribution < -0.4 is 15.8 Å². The van der Waals surface area contributed by atoms with Crippen LogP contribution in [-0.4, -0.2) is 31.1 Å². The van der Waals surface area contributed by atoms with Gasteiger partial charge in [0.1, 0.15) is 6.67 Å². The summed E-state index contributed by atoms with van der Waals surface area (Å²) < 4.78 is 46.8. The molecule has 4 N–H and O–H groups in total. The first kappa shape index (κ1) is 27.0.